The summed E-state index contributed by atoms with van der Waals surface area (Å²) < 4.78 is 0. The highest BCUT2D eigenvalue weighted by Gasteiger charge is 1.63. The van der Waals surface area contributed by atoms with Gasteiger partial charge in [0.15, 0.2) is 0 Å². The van der Waals surface area contributed by atoms with E-state index < -0.39 is 0 Å². The molecule has 0 aliphatic rings. The minimum atomic E-state index is 1.08. The number of hydrogen-bond acceptors (Lipinski definition) is 1. The first-order chi connectivity index (χ1) is 6.41. The van der Waals surface area contributed by atoms with Gasteiger partial charge in [-0.15, -0.1) is 0 Å². The maximum Gasteiger partial charge on any atom is -0.00624 e. The molecule has 0 saturated carbocycles. The van der Waals surface area contributed by atoms with Crippen molar-refractivity contribution < 1.29 is 0 Å². The standard InChI is InChI=1S/C12H17N/c1-2-3-4-5-6-7-8-9-10-11-12-13/h3-12H,2,13H2,1H3. The van der Waals surface area contributed by atoms with Crippen LogP contribution in [0.4, 0.5) is 0 Å². The van der Waals surface area contributed by atoms with Gasteiger partial charge in [-0.3, -0.25) is 0 Å². The lowest BCUT2D eigenvalue weighted by Gasteiger charge is -1.74. The lowest BCUT2D eigenvalue weighted by Crippen LogP contribution is -1.71. The number of nitrogens with two attached hydrogens (primary N) is 1. The molecule has 1 heteroatoms. The highest BCUT2D eigenvalue weighted by molar-refractivity contribution is 5.17. The molecule has 0 radical (unpaired) electrons. The smallest absolute Gasteiger partial charge is 0.00624 e. The zero-order valence-corrected chi connectivity index (χ0v) is 8.06. The van der Waals surface area contributed by atoms with Crippen molar-refractivity contribution in [2.75, 3.05) is 0 Å². The summed E-state index contributed by atoms with van der Waals surface area (Å²) in [5.41, 5.74) is 5.15. The third-order valence-corrected chi connectivity index (χ3v) is 1.26. The zero-order chi connectivity index (χ0) is 9.78. The Kier molecular flexibility index (Phi) is 9.29. The zero-order valence-electron chi connectivity index (χ0n) is 8.06. The van der Waals surface area contributed by atoms with Gasteiger partial charge in [-0.2, -0.15) is 0 Å². The molecule has 0 atom stereocenters. The normalized spacial score (nSPS) is 13.6. The Morgan fingerprint density at radius 2 is 1.23 bits per heavy atom. The fraction of sp³-hybridized carbons (Fsp3) is 0.167. The highest BCUT2D eigenvalue weighted by atomic mass is 14.5. The second-order valence-corrected chi connectivity index (χ2v) is 2.38. The van der Waals surface area contributed by atoms with E-state index in [9.17, 15) is 0 Å². The first kappa shape index (κ1) is 11.5. The molecule has 0 amide bonds. The molecule has 0 fully saturated rings. The first-order valence-electron chi connectivity index (χ1n) is 4.45. The van der Waals surface area contributed by atoms with E-state index in [1.165, 1.54) is 6.20 Å². The van der Waals surface area contributed by atoms with E-state index in [4.69, 9.17) is 5.73 Å². The van der Waals surface area contributed by atoms with Crippen molar-refractivity contribution in [3.63, 3.8) is 0 Å². The van der Waals surface area contributed by atoms with Crippen molar-refractivity contribution in [1.29, 1.82) is 0 Å². The van der Waals surface area contributed by atoms with Crippen LogP contribution < -0.4 is 5.73 Å². The Morgan fingerprint density at radius 3 is 1.69 bits per heavy atom. The summed E-state index contributed by atoms with van der Waals surface area (Å²) in [5.74, 6) is 0. The van der Waals surface area contributed by atoms with Crippen LogP contribution in [0.15, 0.2) is 60.9 Å². The van der Waals surface area contributed by atoms with Crippen molar-refractivity contribution in [2.45, 2.75) is 13.3 Å². The second-order valence-electron chi connectivity index (χ2n) is 2.38. The predicted molar refractivity (Wildman–Crippen MR) is 60.2 cm³/mol. The third-order valence-electron chi connectivity index (χ3n) is 1.26. The van der Waals surface area contributed by atoms with Crippen LogP contribution in [0.25, 0.3) is 0 Å². The lowest BCUT2D eigenvalue weighted by molar-refractivity contribution is 1.22. The molecule has 0 bridgehead atoms. The maximum atomic E-state index is 5.15. The van der Waals surface area contributed by atoms with Gasteiger partial charge in [-0.1, -0.05) is 55.5 Å². The van der Waals surface area contributed by atoms with Crippen molar-refractivity contribution in [1.82, 2.24) is 0 Å². The molecule has 13 heavy (non-hydrogen) atoms. The molecule has 70 valence electrons. The fourth-order valence-electron chi connectivity index (χ4n) is 0.664. The molecule has 0 aromatic heterocycles. The van der Waals surface area contributed by atoms with Gasteiger partial charge in [0.05, 0.1) is 0 Å². The predicted octanol–water partition coefficient (Wildman–Crippen LogP) is 3.09. The average Bonchev–Trinajstić information content (AvgIpc) is 2.16. The lowest BCUT2D eigenvalue weighted by atomic mass is 10.3. The van der Waals surface area contributed by atoms with Gasteiger partial charge in [0.1, 0.15) is 0 Å². The minimum Gasteiger partial charge on any atom is -0.405 e. The van der Waals surface area contributed by atoms with Crippen LogP contribution in [0.1, 0.15) is 13.3 Å². The Balaban J connectivity index is 3.62. The molecule has 0 spiro atoms. The Bertz CT molecular complexity index is 230. The summed E-state index contributed by atoms with van der Waals surface area (Å²) in [4.78, 5) is 0. The SMILES string of the molecule is CCC=CC=CC=CC=CC=CN. The van der Waals surface area contributed by atoms with Gasteiger partial charge in [-0.25, -0.2) is 0 Å². The summed E-state index contributed by atoms with van der Waals surface area (Å²) >= 11 is 0. The van der Waals surface area contributed by atoms with Crippen LogP contribution in [0.3, 0.4) is 0 Å². The van der Waals surface area contributed by atoms with Crippen molar-refractivity contribution in [2.24, 2.45) is 5.73 Å². The van der Waals surface area contributed by atoms with Crippen LogP contribution in [-0.4, -0.2) is 0 Å². The summed E-state index contributed by atoms with van der Waals surface area (Å²) in [6.45, 7) is 2.11. The van der Waals surface area contributed by atoms with Crippen molar-refractivity contribution in [3.05, 3.63) is 60.9 Å². The van der Waals surface area contributed by atoms with E-state index in [0.29, 0.717) is 0 Å². The van der Waals surface area contributed by atoms with Crippen LogP contribution >= 0.6 is 0 Å². The van der Waals surface area contributed by atoms with Crippen molar-refractivity contribution in [3.8, 4) is 0 Å². The molecule has 0 rings (SSSR count). The van der Waals surface area contributed by atoms with Crippen LogP contribution in [0, 0.1) is 0 Å². The molecule has 0 aromatic rings. The fourth-order valence-corrected chi connectivity index (χ4v) is 0.664. The molecule has 2 N–H and O–H groups in total. The minimum absolute atomic E-state index is 1.08. The molecular formula is C12H17N. The molecule has 0 aromatic carbocycles. The summed E-state index contributed by atoms with van der Waals surface area (Å²) in [6.07, 6.45) is 20.2. The quantitative estimate of drug-likeness (QED) is 0.638. The van der Waals surface area contributed by atoms with E-state index in [-0.39, 0.29) is 0 Å². The van der Waals surface area contributed by atoms with Gasteiger partial charge in [0.2, 0.25) is 0 Å². The van der Waals surface area contributed by atoms with Crippen LogP contribution in [0.5, 0.6) is 0 Å². The van der Waals surface area contributed by atoms with Gasteiger partial charge in [0.25, 0.3) is 0 Å². The number of rotatable bonds is 5. The number of hydrogen-bond donors (Lipinski definition) is 1. The second kappa shape index (κ2) is 10.5. The molecule has 0 heterocycles. The monoisotopic (exact) mass is 175 g/mol. The molecule has 0 saturated heterocycles. The molecule has 0 aliphatic heterocycles. The van der Waals surface area contributed by atoms with Gasteiger partial charge < -0.3 is 5.73 Å². The molecule has 0 unspecified atom stereocenters. The third kappa shape index (κ3) is 10.5. The maximum absolute atomic E-state index is 5.15. The molecule has 1 nitrogen and oxygen atoms in total. The van der Waals surface area contributed by atoms with Gasteiger partial charge >= 0.3 is 0 Å². The summed E-state index contributed by atoms with van der Waals surface area (Å²) in [5, 5.41) is 0. The average molecular weight is 175 g/mol. The molecular weight excluding hydrogens is 158 g/mol. The van der Waals surface area contributed by atoms with E-state index in [1.54, 1.807) is 6.08 Å². The van der Waals surface area contributed by atoms with Gasteiger partial charge in [0, 0.05) is 0 Å². The Labute approximate surface area is 80.6 Å². The van der Waals surface area contributed by atoms with E-state index in [2.05, 4.69) is 13.0 Å². The van der Waals surface area contributed by atoms with Crippen molar-refractivity contribution >= 4 is 0 Å². The highest BCUT2D eigenvalue weighted by Crippen LogP contribution is 1.84. The Hall–Kier alpha value is -1.50. The van der Waals surface area contributed by atoms with Crippen LogP contribution in [0.2, 0.25) is 0 Å². The van der Waals surface area contributed by atoms with Crippen LogP contribution in [-0.2, 0) is 0 Å². The number of allylic oxidation sites excluding steroid dienone is 9. The topological polar surface area (TPSA) is 26.0 Å². The Morgan fingerprint density at radius 1 is 0.769 bits per heavy atom. The van der Waals surface area contributed by atoms with E-state index in [1.807, 2.05) is 42.5 Å². The molecule has 0 aliphatic carbocycles. The van der Waals surface area contributed by atoms with Gasteiger partial charge in [-0.05, 0) is 18.7 Å². The first-order valence-corrected chi connectivity index (χ1v) is 4.45. The summed E-state index contributed by atoms with van der Waals surface area (Å²) in [6, 6.07) is 0. The summed E-state index contributed by atoms with van der Waals surface area (Å²) in [7, 11) is 0. The van der Waals surface area contributed by atoms with E-state index >= 15 is 0 Å². The largest absolute Gasteiger partial charge is 0.405 e. The van der Waals surface area contributed by atoms with E-state index in [0.717, 1.165) is 6.42 Å².